The maximum atomic E-state index is 14.1. The van der Waals surface area contributed by atoms with Gasteiger partial charge in [0.1, 0.15) is 5.97 Å². The molecule has 1 aliphatic carbocycles. The summed E-state index contributed by atoms with van der Waals surface area (Å²) in [5.41, 5.74) is 2.09. The van der Waals surface area contributed by atoms with Gasteiger partial charge in [-0.1, -0.05) is 43.2 Å². The first-order chi connectivity index (χ1) is 19.6. The second-order valence-corrected chi connectivity index (χ2v) is 10.8. The number of carboxylic acid groups (broad SMARTS) is 1. The third-order valence-corrected chi connectivity index (χ3v) is 8.41. The topological polar surface area (TPSA) is 126 Å². The molecule has 4 heterocycles. The zero-order valence-electron chi connectivity index (χ0n) is 22.4. The highest BCUT2D eigenvalue weighted by molar-refractivity contribution is 5.90. The number of H-pyrrole nitrogens is 1. The molecule has 12 heteroatoms. The Morgan fingerprint density at radius 3 is 2.41 bits per heavy atom. The van der Waals surface area contributed by atoms with E-state index >= 15 is 0 Å². The average molecular weight is 572 g/mol. The van der Waals surface area contributed by atoms with Gasteiger partial charge in [-0.25, -0.2) is 19.5 Å². The highest BCUT2D eigenvalue weighted by Crippen LogP contribution is 2.47. The summed E-state index contributed by atoms with van der Waals surface area (Å²) in [5, 5.41) is 20.7. The minimum absolute atomic E-state index is 0.0392. The lowest BCUT2D eigenvalue weighted by Gasteiger charge is -2.52. The molecule has 9 nitrogen and oxygen atoms in total. The van der Waals surface area contributed by atoms with Crippen molar-refractivity contribution < 1.29 is 37.5 Å². The predicted molar refractivity (Wildman–Crippen MR) is 138 cm³/mol. The number of hydrogen-bond donors (Lipinski definition) is 2. The molecule has 41 heavy (non-hydrogen) atoms. The first-order valence-electron chi connectivity index (χ1n) is 13.9. The number of hydrogen-bond acceptors (Lipinski definition) is 6. The van der Waals surface area contributed by atoms with E-state index in [1.165, 1.54) is 0 Å². The van der Waals surface area contributed by atoms with Crippen molar-refractivity contribution in [1.29, 1.82) is 0 Å². The molecule has 1 saturated carbocycles. The number of alkyl halides is 3. The Bertz CT molecular complexity index is 1380. The number of carboxylic acids is 1. The molecular formula is C29H32F3N5O4. The van der Waals surface area contributed by atoms with Gasteiger partial charge >= 0.3 is 17.9 Å². The molecule has 0 spiro atoms. The quantitative estimate of drug-likeness (QED) is 0.466. The van der Waals surface area contributed by atoms with Crippen LogP contribution in [0.2, 0.25) is 0 Å². The Labute approximate surface area is 235 Å². The summed E-state index contributed by atoms with van der Waals surface area (Å²) in [5.74, 6) is -1.65. The van der Waals surface area contributed by atoms with E-state index in [9.17, 15) is 23.1 Å². The maximum absolute atomic E-state index is 14.1. The summed E-state index contributed by atoms with van der Waals surface area (Å²) < 4.78 is 33.7. The molecule has 2 aromatic heterocycles. The van der Waals surface area contributed by atoms with Gasteiger partial charge in [0.25, 0.3) is 0 Å². The summed E-state index contributed by atoms with van der Waals surface area (Å²) >= 11 is 0. The summed E-state index contributed by atoms with van der Waals surface area (Å²) in [4.78, 5) is 37.2. The number of aromatic amines is 1. The lowest BCUT2D eigenvalue weighted by atomic mass is 9.66. The Hall–Kier alpha value is -3.80. The first kappa shape index (κ1) is 28.7. The number of nitrogens with one attached hydrogen (secondary N) is 1. The number of rotatable bonds is 3. The van der Waals surface area contributed by atoms with Gasteiger partial charge in [0, 0.05) is 37.3 Å². The summed E-state index contributed by atoms with van der Waals surface area (Å²) in [6.07, 6.45) is 6.00. The third kappa shape index (κ3) is 5.70. The van der Waals surface area contributed by atoms with Crippen LogP contribution in [0.3, 0.4) is 0 Å². The standard InChI is InChI=1S/C27H31N5O2.C2HF3O2/c33-26(25-30-23(24-28-15-8-16-29-24)22-13-6-7-17-31(22)25)32-18-14-27(34,19-9-2-1-3-10-19)20-11-4-5-12-21(20)32;3-2(4,5)1(6)7/h1-3,8-10,15-16,20-21,34H,4-7,11-14,17-18H2;(H,6,7)/t20-,21+,27?;/m1./s1. The van der Waals surface area contributed by atoms with Crippen molar-refractivity contribution in [2.75, 3.05) is 6.54 Å². The van der Waals surface area contributed by atoms with Crippen LogP contribution in [-0.4, -0.2) is 55.6 Å². The van der Waals surface area contributed by atoms with E-state index in [-0.39, 0.29) is 17.9 Å². The Morgan fingerprint density at radius 2 is 1.73 bits per heavy atom. The smallest absolute Gasteiger partial charge is 0.430 e. The molecule has 1 aromatic carbocycles. The molecule has 0 radical (unpaired) electrons. The molecule has 2 aliphatic heterocycles. The Balaban J connectivity index is 0.000000431. The fourth-order valence-corrected chi connectivity index (χ4v) is 6.54. The van der Waals surface area contributed by atoms with E-state index in [0.29, 0.717) is 24.6 Å². The number of fused-ring (bicyclic) bond motifs is 2. The van der Waals surface area contributed by atoms with Crippen molar-refractivity contribution in [2.24, 2.45) is 5.92 Å². The van der Waals surface area contributed by atoms with Gasteiger partial charge in [-0.3, -0.25) is 4.79 Å². The summed E-state index contributed by atoms with van der Waals surface area (Å²) in [6, 6.07) is 11.9. The van der Waals surface area contributed by atoms with Crippen LogP contribution in [0.1, 0.15) is 66.8 Å². The van der Waals surface area contributed by atoms with E-state index < -0.39 is 17.7 Å². The fourth-order valence-electron chi connectivity index (χ4n) is 6.54. The number of benzene rings is 1. The van der Waals surface area contributed by atoms with Crippen LogP contribution in [0.5, 0.6) is 0 Å². The highest BCUT2D eigenvalue weighted by Gasteiger charge is 2.51. The SMILES string of the molecule is O=C([O-])C(F)(F)F.O=C(c1[nH]c(-c2ncccn2)c2[n+]1CCCC2)N1CCC(O)(c2ccccc2)[C@@H]2CCCC[C@@H]21. The van der Waals surface area contributed by atoms with Crippen LogP contribution in [0.25, 0.3) is 11.5 Å². The van der Waals surface area contributed by atoms with Crippen molar-refractivity contribution in [3.8, 4) is 11.5 Å². The highest BCUT2D eigenvalue weighted by atomic mass is 19.4. The predicted octanol–water partition coefficient (Wildman–Crippen LogP) is 2.69. The molecule has 0 bridgehead atoms. The van der Waals surface area contributed by atoms with Gasteiger partial charge in [-0.2, -0.15) is 13.2 Å². The number of aliphatic hydroxyl groups is 1. The van der Waals surface area contributed by atoms with Crippen molar-refractivity contribution in [1.82, 2.24) is 19.9 Å². The van der Waals surface area contributed by atoms with E-state index in [1.807, 2.05) is 41.3 Å². The number of imidazole rings is 1. The molecule has 3 atom stereocenters. The van der Waals surface area contributed by atoms with Crippen molar-refractivity contribution in [3.63, 3.8) is 0 Å². The van der Waals surface area contributed by atoms with Gasteiger partial charge < -0.3 is 19.9 Å². The van der Waals surface area contributed by atoms with E-state index in [2.05, 4.69) is 19.5 Å². The number of amides is 1. The lowest BCUT2D eigenvalue weighted by Crippen LogP contribution is -2.60. The molecule has 3 aliphatic rings. The van der Waals surface area contributed by atoms with E-state index in [0.717, 1.165) is 68.4 Å². The molecule has 3 aromatic rings. The third-order valence-electron chi connectivity index (χ3n) is 8.41. The number of halogens is 3. The zero-order valence-corrected chi connectivity index (χ0v) is 22.4. The van der Waals surface area contributed by atoms with Crippen LogP contribution in [0.4, 0.5) is 13.2 Å². The molecule has 2 N–H and O–H groups in total. The number of aromatic nitrogens is 4. The second-order valence-electron chi connectivity index (χ2n) is 10.8. The summed E-state index contributed by atoms with van der Waals surface area (Å²) in [6.45, 7) is 1.38. The van der Waals surface area contributed by atoms with Crippen molar-refractivity contribution >= 4 is 11.9 Å². The van der Waals surface area contributed by atoms with Crippen LogP contribution in [0.15, 0.2) is 48.8 Å². The number of piperidine rings is 1. The van der Waals surface area contributed by atoms with E-state index in [4.69, 9.17) is 9.90 Å². The average Bonchev–Trinajstić information content (AvgIpc) is 3.38. The molecule has 1 saturated heterocycles. The Kier molecular flexibility index (Phi) is 8.12. The number of likely N-dealkylation sites (tertiary alicyclic amines) is 1. The van der Waals surface area contributed by atoms with Gasteiger partial charge in [0.2, 0.25) is 11.5 Å². The molecule has 1 unspecified atom stereocenters. The monoisotopic (exact) mass is 571 g/mol. The minimum Gasteiger partial charge on any atom is -0.542 e. The molecule has 6 rings (SSSR count). The summed E-state index contributed by atoms with van der Waals surface area (Å²) in [7, 11) is 0. The largest absolute Gasteiger partial charge is 0.542 e. The van der Waals surface area contributed by atoms with Gasteiger partial charge in [-0.15, -0.1) is 0 Å². The normalized spacial score (nSPS) is 24.0. The van der Waals surface area contributed by atoms with Crippen molar-refractivity contribution in [2.45, 2.75) is 75.7 Å². The number of carbonyl (C=O) groups is 2. The van der Waals surface area contributed by atoms with Crippen molar-refractivity contribution in [3.05, 3.63) is 65.9 Å². The van der Waals surface area contributed by atoms with Crippen LogP contribution in [-0.2, 0) is 23.4 Å². The molecule has 1 amide bonds. The minimum atomic E-state index is -5.19. The maximum Gasteiger partial charge on any atom is 0.430 e. The number of nitrogens with zero attached hydrogens (tertiary/aromatic N) is 4. The number of carbonyl (C=O) groups excluding carboxylic acids is 2. The van der Waals surface area contributed by atoms with Crippen LogP contribution in [0, 0.1) is 5.92 Å². The molecule has 218 valence electrons. The van der Waals surface area contributed by atoms with Gasteiger partial charge in [0.15, 0.2) is 5.69 Å². The first-order valence-corrected chi connectivity index (χ1v) is 13.9. The zero-order chi connectivity index (χ0) is 29.2. The van der Waals surface area contributed by atoms with Crippen LogP contribution >= 0.6 is 0 Å². The molecule has 2 fully saturated rings. The second kappa shape index (κ2) is 11.6. The lowest BCUT2D eigenvalue weighted by molar-refractivity contribution is -0.709. The van der Waals surface area contributed by atoms with E-state index in [1.54, 1.807) is 12.4 Å². The molecular weight excluding hydrogens is 539 g/mol. The fraction of sp³-hybridized carbons (Fsp3) is 0.483. The van der Waals surface area contributed by atoms with Crippen LogP contribution < -0.4 is 9.67 Å². The number of aliphatic carboxylic acids is 1. The van der Waals surface area contributed by atoms with Gasteiger partial charge in [-0.05, 0) is 43.7 Å². The Morgan fingerprint density at radius 1 is 1.05 bits per heavy atom. The van der Waals surface area contributed by atoms with Gasteiger partial charge in [0.05, 0.1) is 12.1 Å².